The molecule has 0 saturated heterocycles. The van der Waals surface area contributed by atoms with Crippen molar-refractivity contribution >= 4 is 23.1 Å². The van der Waals surface area contributed by atoms with Crippen LogP contribution in [0.5, 0.6) is 0 Å². The van der Waals surface area contributed by atoms with E-state index in [1.165, 1.54) is 37.1 Å². The summed E-state index contributed by atoms with van der Waals surface area (Å²) in [6.07, 6.45) is 6.65. The largest absolute Gasteiger partial charge is 0.350 e. The molecule has 0 amide bonds. The lowest BCUT2D eigenvalue weighted by atomic mass is 10.0. The highest BCUT2D eigenvalue weighted by Gasteiger charge is 2.16. The second-order valence-corrected chi connectivity index (χ2v) is 6.77. The van der Waals surface area contributed by atoms with Crippen molar-refractivity contribution in [2.45, 2.75) is 49.4 Å². The molecule has 18 heavy (non-hydrogen) atoms. The van der Waals surface area contributed by atoms with E-state index in [2.05, 4.69) is 16.7 Å². The van der Waals surface area contributed by atoms with Gasteiger partial charge in [0, 0.05) is 30.6 Å². The van der Waals surface area contributed by atoms with Gasteiger partial charge in [0.1, 0.15) is 10.7 Å². The third-order valence-corrected chi connectivity index (χ3v) is 5.67. The second kappa shape index (κ2) is 7.48. The van der Waals surface area contributed by atoms with Gasteiger partial charge in [-0.2, -0.15) is 11.8 Å². The minimum Gasteiger partial charge on any atom is -0.350 e. The quantitative estimate of drug-likeness (QED) is 0.740. The molecule has 0 unspecified atom stereocenters. The maximum absolute atomic E-state index is 5.21. The van der Waals surface area contributed by atoms with Crippen molar-refractivity contribution in [3.63, 3.8) is 0 Å². The average molecular weight is 287 g/mol. The van der Waals surface area contributed by atoms with E-state index in [-0.39, 0.29) is 6.29 Å². The third kappa shape index (κ3) is 3.95. The Hall–Kier alpha value is -0.100. The van der Waals surface area contributed by atoms with Gasteiger partial charge in [-0.1, -0.05) is 19.3 Å². The SMILES string of the molecule is COC(OC)c1csc(CSC2CCCCC2)n1. The van der Waals surface area contributed by atoms with Crippen molar-refractivity contribution < 1.29 is 9.47 Å². The molecule has 0 N–H and O–H groups in total. The van der Waals surface area contributed by atoms with E-state index >= 15 is 0 Å². The lowest BCUT2D eigenvalue weighted by molar-refractivity contribution is -0.108. The van der Waals surface area contributed by atoms with Crippen LogP contribution in [0.25, 0.3) is 0 Å². The van der Waals surface area contributed by atoms with Crippen LogP contribution in [0.15, 0.2) is 5.38 Å². The molecule has 1 aliphatic rings. The molecule has 1 aromatic rings. The number of thioether (sulfide) groups is 1. The Kier molecular flexibility index (Phi) is 5.95. The van der Waals surface area contributed by atoms with Crippen LogP contribution in [0.1, 0.15) is 49.1 Å². The number of hydrogen-bond acceptors (Lipinski definition) is 5. The van der Waals surface area contributed by atoms with Crippen LogP contribution in [-0.4, -0.2) is 24.5 Å². The summed E-state index contributed by atoms with van der Waals surface area (Å²) in [4.78, 5) is 4.58. The van der Waals surface area contributed by atoms with Crippen LogP contribution in [-0.2, 0) is 15.2 Å². The Morgan fingerprint density at radius 3 is 2.72 bits per heavy atom. The highest BCUT2D eigenvalue weighted by atomic mass is 32.2. The molecule has 1 heterocycles. The number of thiazole rings is 1. The summed E-state index contributed by atoms with van der Waals surface area (Å²) in [5.41, 5.74) is 0.893. The molecule has 1 aromatic heterocycles. The van der Waals surface area contributed by atoms with E-state index in [1.807, 2.05) is 5.38 Å². The molecule has 1 aliphatic carbocycles. The number of methoxy groups -OCH3 is 2. The molecule has 102 valence electrons. The van der Waals surface area contributed by atoms with Gasteiger partial charge in [-0.3, -0.25) is 0 Å². The molecule has 0 aliphatic heterocycles. The number of aromatic nitrogens is 1. The molecule has 0 aromatic carbocycles. The van der Waals surface area contributed by atoms with Gasteiger partial charge in [0.05, 0.1) is 0 Å². The Balaban J connectivity index is 1.82. The van der Waals surface area contributed by atoms with Gasteiger partial charge >= 0.3 is 0 Å². The summed E-state index contributed by atoms with van der Waals surface area (Å²) < 4.78 is 10.4. The van der Waals surface area contributed by atoms with Gasteiger partial charge in [0.2, 0.25) is 6.29 Å². The molecule has 5 heteroatoms. The van der Waals surface area contributed by atoms with E-state index in [9.17, 15) is 0 Å². The van der Waals surface area contributed by atoms with Gasteiger partial charge < -0.3 is 9.47 Å². The smallest absolute Gasteiger partial charge is 0.201 e. The van der Waals surface area contributed by atoms with Gasteiger partial charge in [-0.25, -0.2) is 4.98 Å². The van der Waals surface area contributed by atoms with E-state index in [1.54, 1.807) is 25.6 Å². The molecule has 2 rings (SSSR count). The van der Waals surface area contributed by atoms with E-state index in [0.717, 1.165) is 16.7 Å². The molecule has 1 saturated carbocycles. The molecular formula is C13H21NO2S2. The van der Waals surface area contributed by atoms with Crippen molar-refractivity contribution in [2.24, 2.45) is 0 Å². The zero-order valence-electron chi connectivity index (χ0n) is 11.1. The average Bonchev–Trinajstić information content (AvgIpc) is 2.88. The minimum absolute atomic E-state index is 0.324. The number of nitrogens with zero attached hydrogens (tertiary/aromatic N) is 1. The van der Waals surface area contributed by atoms with E-state index < -0.39 is 0 Å². The van der Waals surface area contributed by atoms with Crippen LogP contribution < -0.4 is 0 Å². The topological polar surface area (TPSA) is 31.4 Å². The summed E-state index contributed by atoms with van der Waals surface area (Å²) in [7, 11) is 3.29. The standard InChI is InChI=1S/C13H21NO2S2/c1-15-13(16-2)11-8-18-12(14-11)9-17-10-6-4-3-5-7-10/h8,10,13H,3-7,9H2,1-2H3. The summed E-state index contributed by atoms with van der Waals surface area (Å²) in [6.45, 7) is 0. The lowest BCUT2D eigenvalue weighted by Gasteiger charge is -2.20. The highest BCUT2D eigenvalue weighted by Crippen LogP contribution is 2.31. The van der Waals surface area contributed by atoms with E-state index in [4.69, 9.17) is 9.47 Å². The van der Waals surface area contributed by atoms with Gasteiger partial charge in [0.25, 0.3) is 0 Å². The first kappa shape index (κ1) is 14.3. The Morgan fingerprint density at radius 1 is 1.33 bits per heavy atom. The summed E-state index contributed by atoms with van der Waals surface area (Å²) in [5, 5.41) is 4.06. The first-order valence-electron chi connectivity index (χ1n) is 6.45. The van der Waals surface area contributed by atoms with E-state index in [0.29, 0.717) is 0 Å². The Labute approximate surface area is 117 Å². The Morgan fingerprint density at radius 2 is 2.06 bits per heavy atom. The molecule has 0 atom stereocenters. The van der Waals surface area contributed by atoms with Crippen molar-refractivity contribution in [3.05, 3.63) is 16.1 Å². The number of rotatable bonds is 6. The normalized spacial score (nSPS) is 17.5. The molecule has 1 fully saturated rings. The fourth-order valence-electron chi connectivity index (χ4n) is 2.26. The number of ether oxygens (including phenoxy) is 2. The molecular weight excluding hydrogens is 266 g/mol. The lowest BCUT2D eigenvalue weighted by Crippen LogP contribution is -2.08. The minimum atomic E-state index is -0.324. The fraction of sp³-hybridized carbons (Fsp3) is 0.769. The Bertz CT molecular complexity index is 347. The van der Waals surface area contributed by atoms with Crippen molar-refractivity contribution in [1.82, 2.24) is 4.98 Å². The summed E-state index contributed by atoms with van der Waals surface area (Å²) >= 11 is 3.76. The third-order valence-electron chi connectivity index (χ3n) is 3.23. The fourth-order valence-corrected chi connectivity index (χ4v) is 4.42. The van der Waals surface area contributed by atoms with Crippen LogP contribution in [0.2, 0.25) is 0 Å². The van der Waals surface area contributed by atoms with Crippen molar-refractivity contribution in [2.75, 3.05) is 14.2 Å². The first-order valence-corrected chi connectivity index (χ1v) is 8.38. The van der Waals surface area contributed by atoms with Crippen LogP contribution in [0, 0.1) is 0 Å². The van der Waals surface area contributed by atoms with Gasteiger partial charge in [-0.05, 0) is 12.8 Å². The maximum Gasteiger partial charge on any atom is 0.201 e. The van der Waals surface area contributed by atoms with Gasteiger partial charge in [-0.15, -0.1) is 11.3 Å². The zero-order valence-corrected chi connectivity index (χ0v) is 12.7. The molecule has 3 nitrogen and oxygen atoms in total. The zero-order chi connectivity index (χ0) is 12.8. The molecule has 0 radical (unpaired) electrons. The highest BCUT2D eigenvalue weighted by molar-refractivity contribution is 7.99. The summed E-state index contributed by atoms with van der Waals surface area (Å²) in [5.74, 6) is 1.02. The molecule has 0 spiro atoms. The van der Waals surface area contributed by atoms with Crippen LogP contribution >= 0.6 is 23.1 Å². The van der Waals surface area contributed by atoms with Gasteiger partial charge in [0.15, 0.2) is 0 Å². The molecule has 0 bridgehead atoms. The number of hydrogen-bond donors (Lipinski definition) is 0. The van der Waals surface area contributed by atoms with Crippen LogP contribution in [0.3, 0.4) is 0 Å². The van der Waals surface area contributed by atoms with Crippen LogP contribution in [0.4, 0.5) is 0 Å². The maximum atomic E-state index is 5.21. The van der Waals surface area contributed by atoms with Crippen molar-refractivity contribution in [3.8, 4) is 0 Å². The second-order valence-electron chi connectivity index (χ2n) is 4.54. The first-order chi connectivity index (χ1) is 8.83. The predicted molar refractivity (Wildman–Crippen MR) is 77.0 cm³/mol. The predicted octanol–water partition coefficient (Wildman–Crippen LogP) is 4.00. The summed E-state index contributed by atoms with van der Waals surface area (Å²) in [6, 6.07) is 0. The monoisotopic (exact) mass is 287 g/mol. The van der Waals surface area contributed by atoms with Crippen molar-refractivity contribution in [1.29, 1.82) is 0 Å².